The molecule has 0 bridgehead atoms. The minimum Gasteiger partial charge on any atom is -0.350 e. The first-order valence-corrected chi connectivity index (χ1v) is 4.90. The van der Waals surface area contributed by atoms with Gasteiger partial charge in [0.1, 0.15) is 0 Å². The number of ether oxygens (including phenoxy) is 2. The molecule has 80 valence electrons. The fourth-order valence-corrected chi connectivity index (χ4v) is 1.41. The van der Waals surface area contributed by atoms with Gasteiger partial charge in [0.25, 0.3) is 0 Å². The van der Waals surface area contributed by atoms with Crippen molar-refractivity contribution in [3.63, 3.8) is 0 Å². The maximum atomic E-state index is 11.3. The maximum absolute atomic E-state index is 11.3. The molecular weight excluding hydrogens is 180 g/mol. The van der Waals surface area contributed by atoms with Gasteiger partial charge >= 0.3 is 0 Å². The predicted molar refractivity (Wildman–Crippen MR) is 53.8 cm³/mol. The van der Waals surface area contributed by atoms with Gasteiger partial charge in [-0.05, 0) is 19.9 Å². The van der Waals surface area contributed by atoms with Crippen LogP contribution in [0.3, 0.4) is 0 Å². The van der Waals surface area contributed by atoms with Crippen molar-refractivity contribution in [3.05, 3.63) is 12.7 Å². The van der Waals surface area contributed by atoms with Crippen molar-refractivity contribution >= 4 is 5.78 Å². The van der Waals surface area contributed by atoms with Crippen LogP contribution in [0.5, 0.6) is 0 Å². The van der Waals surface area contributed by atoms with E-state index in [4.69, 9.17) is 9.47 Å². The zero-order valence-electron chi connectivity index (χ0n) is 9.08. The summed E-state index contributed by atoms with van der Waals surface area (Å²) in [5, 5.41) is 0. The van der Waals surface area contributed by atoms with Crippen LogP contribution < -0.4 is 0 Å². The Morgan fingerprint density at radius 1 is 1.50 bits per heavy atom. The molecule has 1 aliphatic heterocycles. The van der Waals surface area contributed by atoms with E-state index in [0.717, 1.165) is 0 Å². The molecule has 0 spiro atoms. The number of ketones is 1. The Balaban J connectivity index is 2.49. The van der Waals surface area contributed by atoms with Crippen molar-refractivity contribution in [2.45, 2.75) is 26.6 Å². The Morgan fingerprint density at radius 3 is 2.43 bits per heavy atom. The van der Waals surface area contributed by atoms with E-state index in [2.05, 4.69) is 6.58 Å². The SMILES string of the molecule is C=CC(=O)C(C)C1COC(C)(C)OC1. The van der Waals surface area contributed by atoms with Gasteiger partial charge in [0, 0.05) is 11.8 Å². The van der Waals surface area contributed by atoms with Crippen LogP contribution in [0.4, 0.5) is 0 Å². The van der Waals surface area contributed by atoms with E-state index < -0.39 is 5.79 Å². The largest absolute Gasteiger partial charge is 0.350 e. The first kappa shape index (κ1) is 11.4. The molecule has 0 aromatic carbocycles. The third kappa shape index (κ3) is 2.66. The molecule has 0 saturated carbocycles. The lowest BCUT2D eigenvalue weighted by molar-refractivity contribution is -0.266. The summed E-state index contributed by atoms with van der Waals surface area (Å²) in [4.78, 5) is 11.3. The van der Waals surface area contributed by atoms with E-state index in [0.29, 0.717) is 13.2 Å². The molecule has 3 nitrogen and oxygen atoms in total. The molecule has 0 aliphatic carbocycles. The molecule has 1 rings (SSSR count). The van der Waals surface area contributed by atoms with Crippen LogP contribution in [0.15, 0.2) is 12.7 Å². The summed E-state index contributed by atoms with van der Waals surface area (Å²) in [7, 11) is 0. The molecule has 3 heteroatoms. The number of hydrogen-bond acceptors (Lipinski definition) is 3. The van der Waals surface area contributed by atoms with E-state index in [1.54, 1.807) is 0 Å². The number of carbonyl (C=O) groups is 1. The summed E-state index contributed by atoms with van der Waals surface area (Å²) in [6, 6.07) is 0. The van der Waals surface area contributed by atoms with Crippen LogP contribution in [0.25, 0.3) is 0 Å². The standard InChI is InChI=1S/C11H18O3/c1-5-10(12)8(2)9-6-13-11(3,4)14-7-9/h5,8-9H,1,6-7H2,2-4H3. The van der Waals surface area contributed by atoms with Gasteiger partial charge in [-0.25, -0.2) is 0 Å². The van der Waals surface area contributed by atoms with Crippen molar-refractivity contribution in [1.82, 2.24) is 0 Å². The van der Waals surface area contributed by atoms with Crippen molar-refractivity contribution in [3.8, 4) is 0 Å². The molecule has 1 aliphatic rings. The first-order valence-electron chi connectivity index (χ1n) is 4.90. The zero-order chi connectivity index (χ0) is 10.8. The van der Waals surface area contributed by atoms with Crippen LogP contribution in [-0.4, -0.2) is 24.8 Å². The zero-order valence-corrected chi connectivity index (χ0v) is 9.08. The normalized spacial score (nSPS) is 24.2. The topological polar surface area (TPSA) is 35.5 Å². The highest BCUT2D eigenvalue weighted by atomic mass is 16.7. The molecular formula is C11H18O3. The minimum absolute atomic E-state index is 0.0573. The third-order valence-electron chi connectivity index (χ3n) is 2.65. The van der Waals surface area contributed by atoms with Crippen LogP contribution in [0.2, 0.25) is 0 Å². The van der Waals surface area contributed by atoms with Crippen molar-refractivity contribution < 1.29 is 14.3 Å². The average Bonchev–Trinajstić information content (AvgIpc) is 2.15. The Hall–Kier alpha value is -0.670. The van der Waals surface area contributed by atoms with Crippen molar-refractivity contribution in [2.24, 2.45) is 11.8 Å². The summed E-state index contributed by atoms with van der Waals surface area (Å²) >= 11 is 0. The maximum Gasteiger partial charge on any atom is 0.162 e. The van der Waals surface area contributed by atoms with Gasteiger partial charge in [-0.15, -0.1) is 0 Å². The molecule has 1 saturated heterocycles. The molecule has 0 aromatic rings. The third-order valence-corrected chi connectivity index (χ3v) is 2.65. The smallest absolute Gasteiger partial charge is 0.162 e. The van der Waals surface area contributed by atoms with Crippen LogP contribution >= 0.6 is 0 Å². The molecule has 0 aromatic heterocycles. The average molecular weight is 198 g/mol. The summed E-state index contributed by atoms with van der Waals surface area (Å²) in [6.07, 6.45) is 1.37. The summed E-state index contributed by atoms with van der Waals surface area (Å²) in [5.41, 5.74) is 0. The fraction of sp³-hybridized carbons (Fsp3) is 0.727. The number of rotatable bonds is 3. The van der Waals surface area contributed by atoms with Crippen LogP contribution in [0, 0.1) is 11.8 Å². The lowest BCUT2D eigenvalue weighted by atomic mass is 9.91. The van der Waals surface area contributed by atoms with E-state index in [-0.39, 0.29) is 17.6 Å². The lowest BCUT2D eigenvalue weighted by Crippen LogP contribution is -2.42. The highest BCUT2D eigenvalue weighted by Crippen LogP contribution is 2.25. The monoisotopic (exact) mass is 198 g/mol. The Kier molecular flexibility index (Phi) is 3.45. The molecule has 1 atom stereocenters. The predicted octanol–water partition coefficient (Wildman–Crippen LogP) is 1.78. The highest BCUT2D eigenvalue weighted by molar-refractivity contribution is 5.91. The Morgan fingerprint density at radius 2 is 2.00 bits per heavy atom. The molecule has 14 heavy (non-hydrogen) atoms. The van der Waals surface area contributed by atoms with Crippen LogP contribution in [0.1, 0.15) is 20.8 Å². The minimum atomic E-state index is -0.507. The van der Waals surface area contributed by atoms with Crippen LogP contribution in [-0.2, 0) is 14.3 Å². The van der Waals surface area contributed by atoms with Gasteiger partial charge in [0.2, 0.25) is 0 Å². The molecule has 0 radical (unpaired) electrons. The Bertz CT molecular complexity index is 223. The number of hydrogen-bond donors (Lipinski definition) is 0. The van der Waals surface area contributed by atoms with E-state index in [9.17, 15) is 4.79 Å². The summed E-state index contributed by atoms with van der Waals surface area (Å²) in [6.45, 7) is 10.3. The van der Waals surface area contributed by atoms with Gasteiger partial charge in [0.05, 0.1) is 13.2 Å². The summed E-state index contributed by atoms with van der Waals surface area (Å²) in [5.74, 6) is -0.369. The van der Waals surface area contributed by atoms with Gasteiger partial charge in [-0.3, -0.25) is 4.79 Å². The van der Waals surface area contributed by atoms with Crippen molar-refractivity contribution in [2.75, 3.05) is 13.2 Å². The highest BCUT2D eigenvalue weighted by Gasteiger charge is 2.32. The second-order valence-corrected chi connectivity index (χ2v) is 4.18. The van der Waals surface area contributed by atoms with E-state index in [1.165, 1.54) is 6.08 Å². The molecule has 0 amide bonds. The van der Waals surface area contributed by atoms with Gasteiger partial charge in [-0.2, -0.15) is 0 Å². The second-order valence-electron chi connectivity index (χ2n) is 4.18. The van der Waals surface area contributed by atoms with E-state index >= 15 is 0 Å². The van der Waals surface area contributed by atoms with Gasteiger partial charge in [0.15, 0.2) is 11.6 Å². The number of carbonyl (C=O) groups excluding carboxylic acids is 1. The van der Waals surface area contributed by atoms with E-state index in [1.807, 2.05) is 20.8 Å². The Labute approximate surface area is 85.1 Å². The van der Waals surface area contributed by atoms with Gasteiger partial charge in [-0.1, -0.05) is 13.5 Å². The quantitative estimate of drug-likeness (QED) is 0.648. The fourth-order valence-electron chi connectivity index (χ4n) is 1.41. The molecule has 1 fully saturated rings. The van der Waals surface area contributed by atoms with Crippen molar-refractivity contribution in [1.29, 1.82) is 0 Å². The summed E-state index contributed by atoms with van der Waals surface area (Å²) < 4.78 is 11.0. The van der Waals surface area contributed by atoms with Gasteiger partial charge < -0.3 is 9.47 Å². The number of allylic oxidation sites excluding steroid dienone is 1. The first-order chi connectivity index (χ1) is 6.46. The molecule has 0 N–H and O–H groups in total. The molecule has 1 heterocycles. The second kappa shape index (κ2) is 4.24. The lowest BCUT2D eigenvalue weighted by Gasteiger charge is -2.36. The molecule has 1 unspecified atom stereocenters.